The maximum atomic E-state index is 12.1. The fourth-order valence-electron chi connectivity index (χ4n) is 2.75. The molecule has 0 saturated carbocycles. The SMILES string of the molecule is CCCCCCCOC(=O)c1ccc(N=Cc2c(O)n(C)c(=O)n(C)c2=O)cc1. The topological polar surface area (TPSA) is 103 Å². The van der Waals surface area contributed by atoms with Gasteiger partial charge in [0.1, 0.15) is 5.56 Å². The Morgan fingerprint density at radius 1 is 1.07 bits per heavy atom. The van der Waals surface area contributed by atoms with Crippen LogP contribution in [0.2, 0.25) is 0 Å². The molecular formula is C21H27N3O5. The molecule has 156 valence electrons. The van der Waals surface area contributed by atoms with Crippen LogP contribution >= 0.6 is 0 Å². The quantitative estimate of drug-likeness (QED) is 0.395. The van der Waals surface area contributed by atoms with Crippen molar-refractivity contribution >= 4 is 17.9 Å². The first-order valence-corrected chi connectivity index (χ1v) is 9.67. The molecule has 0 amide bonds. The highest BCUT2D eigenvalue weighted by Crippen LogP contribution is 2.15. The molecule has 8 heteroatoms. The molecule has 0 aliphatic carbocycles. The molecule has 2 rings (SSSR count). The molecule has 0 spiro atoms. The van der Waals surface area contributed by atoms with Crippen molar-refractivity contribution in [3.63, 3.8) is 0 Å². The lowest BCUT2D eigenvalue weighted by molar-refractivity contribution is 0.0497. The second-order valence-electron chi connectivity index (χ2n) is 6.80. The van der Waals surface area contributed by atoms with E-state index in [4.69, 9.17) is 4.74 Å². The van der Waals surface area contributed by atoms with Crippen molar-refractivity contribution in [3.05, 3.63) is 56.2 Å². The van der Waals surface area contributed by atoms with Crippen molar-refractivity contribution in [1.82, 2.24) is 9.13 Å². The number of carbonyl (C=O) groups is 1. The zero-order chi connectivity index (χ0) is 21.4. The Morgan fingerprint density at radius 2 is 1.72 bits per heavy atom. The van der Waals surface area contributed by atoms with E-state index < -0.39 is 17.1 Å². The molecule has 1 N–H and O–H groups in total. The van der Waals surface area contributed by atoms with E-state index in [2.05, 4.69) is 11.9 Å². The van der Waals surface area contributed by atoms with Gasteiger partial charge in [0, 0.05) is 20.3 Å². The van der Waals surface area contributed by atoms with Gasteiger partial charge in [-0.3, -0.25) is 18.9 Å². The fourth-order valence-corrected chi connectivity index (χ4v) is 2.75. The number of aromatic nitrogens is 2. The average molecular weight is 401 g/mol. The number of benzene rings is 1. The summed E-state index contributed by atoms with van der Waals surface area (Å²) in [7, 11) is 2.68. The predicted octanol–water partition coefficient (Wildman–Crippen LogP) is 2.67. The zero-order valence-corrected chi connectivity index (χ0v) is 17.1. The smallest absolute Gasteiger partial charge is 0.338 e. The third kappa shape index (κ3) is 5.66. The molecule has 0 aliphatic heterocycles. The Kier molecular flexibility index (Phi) is 7.94. The van der Waals surface area contributed by atoms with E-state index in [1.807, 2.05) is 0 Å². The monoisotopic (exact) mass is 401 g/mol. The van der Waals surface area contributed by atoms with Crippen LogP contribution in [0.15, 0.2) is 38.8 Å². The number of hydrogen-bond acceptors (Lipinski definition) is 6. The summed E-state index contributed by atoms with van der Waals surface area (Å²) >= 11 is 0. The van der Waals surface area contributed by atoms with Gasteiger partial charge in [-0.2, -0.15) is 0 Å². The van der Waals surface area contributed by atoms with E-state index in [-0.39, 0.29) is 11.5 Å². The molecule has 0 aliphatic rings. The van der Waals surface area contributed by atoms with E-state index in [0.717, 1.165) is 28.4 Å². The summed E-state index contributed by atoms with van der Waals surface area (Å²) in [4.78, 5) is 40.1. The Balaban J connectivity index is 2.02. The Hall–Kier alpha value is -3.16. The average Bonchev–Trinajstić information content (AvgIpc) is 2.73. The van der Waals surface area contributed by atoms with Crippen LogP contribution in [0.25, 0.3) is 0 Å². The summed E-state index contributed by atoms with van der Waals surface area (Å²) in [5, 5.41) is 10.0. The van der Waals surface area contributed by atoms with Crippen LogP contribution in [0.3, 0.4) is 0 Å². The lowest BCUT2D eigenvalue weighted by Crippen LogP contribution is -2.38. The highest BCUT2D eigenvalue weighted by atomic mass is 16.5. The van der Waals surface area contributed by atoms with Crippen molar-refractivity contribution in [2.75, 3.05) is 6.61 Å². The van der Waals surface area contributed by atoms with E-state index in [1.165, 1.54) is 33.2 Å². The minimum atomic E-state index is -0.645. The van der Waals surface area contributed by atoms with Gasteiger partial charge in [0.05, 0.1) is 17.9 Å². The van der Waals surface area contributed by atoms with Crippen LogP contribution in [0.5, 0.6) is 5.88 Å². The summed E-state index contributed by atoms with van der Waals surface area (Å²) in [6, 6.07) is 6.39. The highest BCUT2D eigenvalue weighted by Gasteiger charge is 2.13. The van der Waals surface area contributed by atoms with Crippen LogP contribution in [0, 0.1) is 0 Å². The van der Waals surface area contributed by atoms with Gasteiger partial charge in [0.15, 0.2) is 0 Å². The number of unbranched alkanes of at least 4 members (excludes halogenated alkanes) is 4. The molecule has 0 saturated heterocycles. The van der Waals surface area contributed by atoms with Gasteiger partial charge in [0.2, 0.25) is 5.88 Å². The van der Waals surface area contributed by atoms with Crippen molar-refractivity contribution < 1.29 is 14.6 Å². The summed E-state index contributed by atoms with van der Waals surface area (Å²) in [5.41, 5.74) is -0.470. The number of carbonyl (C=O) groups excluding carboxylic acids is 1. The van der Waals surface area contributed by atoms with Gasteiger partial charge in [-0.15, -0.1) is 0 Å². The van der Waals surface area contributed by atoms with Gasteiger partial charge in [-0.05, 0) is 30.7 Å². The minimum absolute atomic E-state index is 0.0961. The first kappa shape index (κ1) is 22.1. The molecule has 0 unspecified atom stereocenters. The Bertz CT molecular complexity index is 987. The fraction of sp³-hybridized carbons (Fsp3) is 0.429. The molecule has 29 heavy (non-hydrogen) atoms. The van der Waals surface area contributed by atoms with Gasteiger partial charge in [-0.25, -0.2) is 9.59 Å². The third-order valence-corrected chi connectivity index (χ3v) is 4.59. The van der Waals surface area contributed by atoms with Gasteiger partial charge < -0.3 is 9.84 Å². The van der Waals surface area contributed by atoms with Crippen LogP contribution in [0.4, 0.5) is 5.69 Å². The highest BCUT2D eigenvalue weighted by molar-refractivity contribution is 5.90. The summed E-state index contributed by atoms with van der Waals surface area (Å²) in [6.07, 6.45) is 6.61. The van der Waals surface area contributed by atoms with E-state index in [1.54, 1.807) is 24.3 Å². The van der Waals surface area contributed by atoms with Gasteiger partial charge >= 0.3 is 11.7 Å². The number of hydrogen-bond donors (Lipinski definition) is 1. The molecule has 1 aromatic heterocycles. The van der Waals surface area contributed by atoms with E-state index in [9.17, 15) is 19.5 Å². The number of aliphatic imine (C=N–C) groups is 1. The number of rotatable bonds is 9. The molecule has 0 atom stereocenters. The summed E-state index contributed by atoms with van der Waals surface area (Å²) in [6.45, 7) is 2.55. The van der Waals surface area contributed by atoms with Crippen LogP contribution in [-0.2, 0) is 18.8 Å². The van der Waals surface area contributed by atoms with Crippen LogP contribution < -0.4 is 11.2 Å². The number of ether oxygens (including phenoxy) is 1. The molecule has 2 aromatic rings. The van der Waals surface area contributed by atoms with Crippen molar-refractivity contribution in [3.8, 4) is 5.88 Å². The Morgan fingerprint density at radius 3 is 2.38 bits per heavy atom. The molecule has 8 nitrogen and oxygen atoms in total. The predicted molar refractivity (Wildman–Crippen MR) is 111 cm³/mol. The number of nitrogens with zero attached hydrogens (tertiary/aromatic N) is 3. The first-order valence-electron chi connectivity index (χ1n) is 9.67. The largest absolute Gasteiger partial charge is 0.494 e. The molecular weight excluding hydrogens is 374 g/mol. The van der Waals surface area contributed by atoms with Crippen molar-refractivity contribution in [1.29, 1.82) is 0 Å². The second-order valence-corrected chi connectivity index (χ2v) is 6.80. The standard InChI is InChI=1S/C21H27N3O5/c1-4-5-6-7-8-13-29-20(27)15-9-11-16(12-10-15)22-14-17-18(25)23(2)21(28)24(3)19(17)26/h9-12,14,25H,4-8,13H2,1-3H3. The maximum absolute atomic E-state index is 12.1. The number of aromatic hydroxyl groups is 1. The molecule has 1 heterocycles. The molecule has 0 bridgehead atoms. The van der Waals surface area contributed by atoms with Gasteiger partial charge in [0.25, 0.3) is 5.56 Å². The molecule has 0 fully saturated rings. The van der Waals surface area contributed by atoms with Gasteiger partial charge in [-0.1, -0.05) is 32.6 Å². The lowest BCUT2D eigenvalue weighted by Gasteiger charge is -2.07. The number of esters is 1. The second kappa shape index (κ2) is 10.4. The molecule has 1 aromatic carbocycles. The zero-order valence-electron chi connectivity index (χ0n) is 17.1. The van der Waals surface area contributed by atoms with Crippen molar-refractivity contribution in [2.24, 2.45) is 19.1 Å². The van der Waals surface area contributed by atoms with E-state index >= 15 is 0 Å². The van der Waals surface area contributed by atoms with Crippen LogP contribution in [-0.4, -0.2) is 33.0 Å². The molecule has 0 radical (unpaired) electrons. The van der Waals surface area contributed by atoms with Crippen LogP contribution in [0.1, 0.15) is 54.9 Å². The van der Waals surface area contributed by atoms with E-state index in [0.29, 0.717) is 17.9 Å². The summed E-state index contributed by atoms with van der Waals surface area (Å²) < 4.78 is 7.11. The Labute approximate surface area is 169 Å². The third-order valence-electron chi connectivity index (χ3n) is 4.59. The van der Waals surface area contributed by atoms with Crippen molar-refractivity contribution in [2.45, 2.75) is 39.0 Å². The maximum Gasteiger partial charge on any atom is 0.338 e. The normalized spacial score (nSPS) is 11.1. The first-order chi connectivity index (χ1) is 13.9. The lowest BCUT2D eigenvalue weighted by atomic mass is 10.2. The minimum Gasteiger partial charge on any atom is -0.494 e. The summed E-state index contributed by atoms with van der Waals surface area (Å²) in [5.74, 6) is -0.846.